The van der Waals surface area contributed by atoms with Crippen molar-refractivity contribution in [1.82, 2.24) is 0 Å². The highest BCUT2D eigenvalue weighted by molar-refractivity contribution is 5.67. The lowest BCUT2D eigenvalue weighted by atomic mass is 10.1. The Morgan fingerprint density at radius 3 is 2.83 bits per heavy atom. The van der Waals surface area contributed by atoms with Crippen molar-refractivity contribution >= 4 is 11.7 Å². The number of methoxy groups -OCH3 is 1. The van der Waals surface area contributed by atoms with Crippen LogP contribution in [0.1, 0.15) is 18.9 Å². The predicted molar refractivity (Wildman–Crippen MR) is 71.1 cm³/mol. The molecular weight excluding hydrogens is 232 g/mol. The highest BCUT2D eigenvalue weighted by atomic mass is 16.5. The number of hydrogen-bond acceptors (Lipinski definition) is 4. The molecule has 18 heavy (non-hydrogen) atoms. The lowest BCUT2D eigenvalue weighted by Gasteiger charge is -2.15. The van der Waals surface area contributed by atoms with Crippen LogP contribution in [0.25, 0.3) is 0 Å². The Kier molecular flexibility index (Phi) is 5.45. The third kappa shape index (κ3) is 4.25. The van der Waals surface area contributed by atoms with Gasteiger partial charge >= 0.3 is 5.97 Å². The van der Waals surface area contributed by atoms with Gasteiger partial charge in [0.05, 0.1) is 19.2 Å². The summed E-state index contributed by atoms with van der Waals surface area (Å²) in [7, 11) is 1.60. The first-order valence-corrected chi connectivity index (χ1v) is 5.95. The van der Waals surface area contributed by atoms with Crippen LogP contribution in [0.3, 0.4) is 0 Å². The summed E-state index contributed by atoms with van der Waals surface area (Å²) >= 11 is 0. The third-order valence-electron chi connectivity index (χ3n) is 2.66. The van der Waals surface area contributed by atoms with Crippen molar-refractivity contribution < 1.29 is 14.6 Å². The normalized spacial score (nSPS) is 11.9. The van der Waals surface area contributed by atoms with E-state index in [1.807, 2.05) is 18.2 Å². The van der Waals surface area contributed by atoms with Gasteiger partial charge in [-0.05, 0) is 24.1 Å². The number of rotatable bonds is 7. The number of nitrogens with two attached hydrogens (primary N) is 1. The first-order valence-electron chi connectivity index (χ1n) is 5.95. The summed E-state index contributed by atoms with van der Waals surface area (Å²) in [4.78, 5) is 10.5. The molecule has 1 aromatic carbocycles. The van der Waals surface area contributed by atoms with Gasteiger partial charge in [-0.25, -0.2) is 0 Å². The summed E-state index contributed by atoms with van der Waals surface area (Å²) in [5.41, 5.74) is 7.73. The predicted octanol–water partition coefficient (Wildman–Crippen LogP) is 1.47. The summed E-state index contributed by atoms with van der Waals surface area (Å²) < 4.78 is 5.24. The fourth-order valence-electron chi connectivity index (χ4n) is 1.65. The second kappa shape index (κ2) is 6.86. The van der Waals surface area contributed by atoms with Crippen molar-refractivity contribution in [2.75, 3.05) is 19.0 Å². The minimum absolute atomic E-state index is 0.0528. The fraction of sp³-hybridized carbons (Fsp3) is 0.462. The van der Waals surface area contributed by atoms with Gasteiger partial charge in [-0.3, -0.25) is 4.79 Å². The lowest BCUT2D eigenvalue weighted by Crippen LogP contribution is -2.31. The molecular formula is C13H20N2O3. The highest BCUT2D eigenvalue weighted by Gasteiger charge is 2.09. The number of hydrogen-bond donors (Lipinski definition) is 3. The molecule has 0 amide bonds. The third-order valence-corrected chi connectivity index (χ3v) is 2.66. The van der Waals surface area contributed by atoms with E-state index in [-0.39, 0.29) is 6.42 Å². The maximum Gasteiger partial charge on any atom is 0.304 e. The van der Waals surface area contributed by atoms with E-state index in [1.54, 1.807) is 7.11 Å². The zero-order valence-electron chi connectivity index (χ0n) is 10.8. The average molecular weight is 252 g/mol. The maximum atomic E-state index is 10.5. The van der Waals surface area contributed by atoms with E-state index in [0.717, 1.165) is 17.9 Å². The maximum absolute atomic E-state index is 10.5. The van der Waals surface area contributed by atoms with Crippen LogP contribution < -0.4 is 15.8 Å². The molecule has 0 bridgehead atoms. The summed E-state index contributed by atoms with van der Waals surface area (Å²) in [6, 6.07) is 5.47. The van der Waals surface area contributed by atoms with E-state index in [0.29, 0.717) is 6.54 Å². The van der Waals surface area contributed by atoms with Crippen molar-refractivity contribution in [1.29, 1.82) is 0 Å². The second-order valence-corrected chi connectivity index (χ2v) is 4.13. The molecule has 0 saturated carbocycles. The molecule has 4 N–H and O–H groups in total. The molecule has 5 nitrogen and oxygen atoms in total. The van der Waals surface area contributed by atoms with Gasteiger partial charge in [0.1, 0.15) is 5.75 Å². The summed E-state index contributed by atoms with van der Waals surface area (Å²) in [5, 5.41) is 11.8. The van der Waals surface area contributed by atoms with Crippen LogP contribution in [-0.2, 0) is 11.2 Å². The van der Waals surface area contributed by atoms with Crippen LogP contribution in [-0.4, -0.2) is 30.8 Å². The van der Waals surface area contributed by atoms with Gasteiger partial charge in [-0.1, -0.05) is 13.0 Å². The van der Waals surface area contributed by atoms with Crippen LogP contribution in [0.4, 0.5) is 5.69 Å². The molecule has 0 aliphatic heterocycles. The highest BCUT2D eigenvalue weighted by Crippen LogP contribution is 2.25. The van der Waals surface area contributed by atoms with E-state index < -0.39 is 12.0 Å². The van der Waals surface area contributed by atoms with Crippen LogP contribution in [0.15, 0.2) is 18.2 Å². The molecule has 100 valence electrons. The number of ether oxygens (including phenoxy) is 1. The van der Waals surface area contributed by atoms with E-state index in [2.05, 4.69) is 12.2 Å². The van der Waals surface area contributed by atoms with Crippen LogP contribution in [0.2, 0.25) is 0 Å². The Balaban J connectivity index is 2.67. The number of carboxylic acid groups (broad SMARTS) is 1. The Morgan fingerprint density at radius 1 is 1.56 bits per heavy atom. The van der Waals surface area contributed by atoms with Gasteiger partial charge in [0, 0.05) is 12.6 Å². The molecule has 1 aromatic rings. The first kappa shape index (κ1) is 14.3. The Labute approximate surface area is 107 Å². The second-order valence-electron chi connectivity index (χ2n) is 4.13. The van der Waals surface area contributed by atoms with Crippen LogP contribution >= 0.6 is 0 Å². The number of carbonyl (C=O) groups is 1. The molecule has 0 aromatic heterocycles. The summed E-state index contributed by atoms with van der Waals surface area (Å²) in [6.07, 6.45) is 0.878. The fourth-order valence-corrected chi connectivity index (χ4v) is 1.65. The molecule has 0 radical (unpaired) electrons. The van der Waals surface area contributed by atoms with Gasteiger partial charge in [-0.2, -0.15) is 0 Å². The number of anilines is 1. The minimum atomic E-state index is -0.890. The van der Waals surface area contributed by atoms with Crippen molar-refractivity contribution in [3.05, 3.63) is 23.8 Å². The molecule has 1 rings (SSSR count). The molecule has 0 heterocycles. The van der Waals surface area contributed by atoms with Gasteiger partial charge < -0.3 is 20.9 Å². The number of benzene rings is 1. The lowest BCUT2D eigenvalue weighted by molar-refractivity contribution is -0.137. The van der Waals surface area contributed by atoms with Crippen molar-refractivity contribution in [2.45, 2.75) is 25.8 Å². The molecule has 0 aliphatic rings. The Bertz CT molecular complexity index is 407. The minimum Gasteiger partial charge on any atom is -0.495 e. The topological polar surface area (TPSA) is 84.6 Å². The Hall–Kier alpha value is -1.75. The van der Waals surface area contributed by atoms with Gasteiger partial charge in [0.2, 0.25) is 0 Å². The monoisotopic (exact) mass is 252 g/mol. The van der Waals surface area contributed by atoms with Crippen molar-refractivity contribution in [3.63, 3.8) is 0 Å². The molecule has 0 aliphatic carbocycles. The molecule has 1 unspecified atom stereocenters. The quantitative estimate of drug-likeness (QED) is 0.684. The average Bonchev–Trinajstić information content (AvgIpc) is 2.35. The van der Waals surface area contributed by atoms with Crippen LogP contribution in [0, 0.1) is 0 Å². The molecule has 1 atom stereocenters. The van der Waals surface area contributed by atoms with E-state index >= 15 is 0 Å². The Morgan fingerprint density at radius 2 is 2.28 bits per heavy atom. The smallest absolute Gasteiger partial charge is 0.304 e. The molecule has 0 saturated heterocycles. The van der Waals surface area contributed by atoms with Gasteiger partial charge in [-0.15, -0.1) is 0 Å². The van der Waals surface area contributed by atoms with E-state index in [1.165, 1.54) is 5.56 Å². The van der Waals surface area contributed by atoms with E-state index in [4.69, 9.17) is 15.6 Å². The molecule has 0 fully saturated rings. The van der Waals surface area contributed by atoms with Crippen LogP contribution in [0.5, 0.6) is 5.75 Å². The summed E-state index contributed by atoms with van der Waals surface area (Å²) in [5.74, 6) is -0.159. The SMILES string of the molecule is CCc1ccc(OC)c(NCC(N)CC(=O)O)c1. The van der Waals surface area contributed by atoms with Crippen molar-refractivity contribution in [2.24, 2.45) is 5.73 Å². The number of aliphatic carboxylic acids is 1. The number of nitrogens with one attached hydrogen (secondary N) is 1. The largest absolute Gasteiger partial charge is 0.495 e. The number of aryl methyl sites for hydroxylation is 1. The zero-order chi connectivity index (χ0) is 13.5. The molecule has 5 heteroatoms. The summed E-state index contributed by atoms with van der Waals surface area (Å²) in [6.45, 7) is 2.47. The standard InChI is InChI=1S/C13H20N2O3/c1-3-9-4-5-12(18-2)11(6-9)15-8-10(14)7-13(16)17/h4-6,10,15H,3,7-8,14H2,1-2H3,(H,16,17). The van der Waals surface area contributed by atoms with Gasteiger partial charge in [0.25, 0.3) is 0 Å². The number of carboxylic acids is 1. The first-order chi connectivity index (χ1) is 8.56. The zero-order valence-corrected chi connectivity index (χ0v) is 10.8. The van der Waals surface area contributed by atoms with E-state index in [9.17, 15) is 4.79 Å². The van der Waals surface area contributed by atoms with Gasteiger partial charge in [0.15, 0.2) is 0 Å². The molecule has 0 spiro atoms. The van der Waals surface area contributed by atoms with Crippen molar-refractivity contribution in [3.8, 4) is 5.75 Å².